The molecule has 1 amide bonds. The first-order chi connectivity index (χ1) is 17.0. The van der Waals surface area contributed by atoms with Gasteiger partial charge in [0.25, 0.3) is 11.5 Å². The van der Waals surface area contributed by atoms with Gasteiger partial charge in [-0.2, -0.15) is 0 Å². The number of nitrogens with zero attached hydrogens (tertiary/aromatic N) is 2. The van der Waals surface area contributed by atoms with Gasteiger partial charge in [0.2, 0.25) is 0 Å². The molecule has 178 valence electrons. The maximum Gasteiger partial charge on any atom is 0.255 e. The number of amides is 1. The van der Waals surface area contributed by atoms with Crippen LogP contribution in [0.4, 0.5) is 5.69 Å². The van der Waals surface area contributed by atoms with Crippen molar-refractivity contribution in [2.45, 2.75) is 13.5 Å². The Kier molecular flexibility index (Phi) is 6.49. The standard InChI is InChI=1S/C29H30N4O2/c1-20-3-10-25(18-26(20)24-9-8-22-11-12-30-29(35)27(22)17-24)31-28(34)23-6-4-21(5-7-23)19-33-15-13-32(2)14-16-33/h3-12,17-18H,13-16,19H2,1-2H3,(H,30,35)(H,31,34). The molecule has 0 radical (unpaired) electrons. The molecule has 6 heteroatoms. The van der Waals surface area contributed by atoms with Gasteiger partial charge in [-0.3, -0.25) is 14.5 Å². The van der Waals surface area contributed by atoms with E-state index in [4.69, 9.17) is 0 Å². The quantitative estimate of drug-likeness (QED) is 0.454. The van der Waals surface area contributed by atoms with Crippen LogP contribution in [-0.2, 0) is 6.54 Å². The minimum atomic E-state index is -0.138. The fourth-order valence-electron chi connectivity index (χ4n) is 4.59. The van der Waals surface area contributed by atoms with Gasteiger partial charge in [-0.15, -0.1) is 0 Å². The number of carbonyl (C=O) groups excluding carboxylic acids is 1. The van der Waals surface area contributed by atoms with Crippen molar-refractivity contribution in [3.63, 3.8) is 0 Å². The molecule has 2 N–H and O–H groups in total. The van der Waals surface area contributed by atoms with Crippen molar-refractivity contribution in [1.29, 1.82) is 0 Å². The molecule has 1 aliphatic rings. The van der Waals surface area contributed by atoms with E-state index in [0.29, 0.717) is 10.9 Å². The van der Waals surface area contributed by atoms with E-state index >= 15 is 0 Å². The number of aromatic amines is 1. The largest absolute Gasteiger partial charge is 0.329 e. The number of piperazine rings is 1. The molecule has 0 saturated carbocycles. The van der Waals surface area contributed by atoms with Crippen LogP contribution in [-0.4, -0.2) is 53.9 Å². The van der Waals surface area contributed by atoms with Gasteiger partial charge in [-0.1, -0.05) is 30.3 Å². The minimum Gasteiger partial charge on any atom is -0.329 e. The summed E-state index contributed by atoms with van der Waals surface area (Å²) < 4.78 is 0. The number of nitrogens with one attached hydrogen (secondary N) is 2. The Morgan fingerprint density at radius 1 is 0.943 bits per heavy atom. The van der Waals surface area contributed by atoms with E-state index in [-0.39, 0.29) is 11.5 Å². The van der Waals surface area contributed by atoms with Crippen LogP contribution in [0.25, 0.3) is 21.9 Å². The molecule has 1 aromatic heterocycles. The molecule has 35 heavy (non-hydrogen) atoms. The van der Waals surface area contributed by atoms with Crippen LogP contribution in [0.1, 0.15) is 21.5 Å². The van der Waals surface area contributed by atoms with Gasteiger partial charge in [0.1, 0.15) is 0 Å². The Hall–Kier alpha value is -3.74. The zero-order chi connectivity index (χ0) is 24.4. The molecular weight excluding hydrogens is 436 g/mol. The topological polar surface area (TPSA) is 68.4 Å². The zero-order valence-corrected chi connectivity index (χ0v) is 20.2. The van der Waals surface area contributed by atoms with Gasteiger partial charge in [-0.25, -0.2) is 0 Å². The summed E-state index contributed by atoms with van der Waals surface area (Å²) in [5, 5.41) is 4.57. The molecular formula is C29H30N4O2. The number of aromatic nitrogens is 1. The van der Waals surface area contributed by atoms with E-state index in [0.717, 1.165) is 60.5 Å². The Balaban J connectivity index is 1.31. The molecule has 0 spiro atoms. The van der Waals surface area contributed by atoms with Crippen molar-refractivity contribution in [2.75, 3.05) is 38.5 Å². The van der Waals surface area contributed by atoms with Gasteiger partial charge in [0, 0.05) is 55.6 Å². The SMILES string of the molecule is Cc1ccc(NC(=O)c2ccc(CN3CCN(C)CC3)cc2)cc1-c1ccc2cc[nH]c(=O)c2c1. The van der Waals surface area contributed by atoms with Crippen LogP contribution in [0.2, 0.25) is 0 Å². The van der Waals surface area contributed by atoms with Crippen LogP contribution in [0.3, 0.4) is 0 Å². The monoisotopic (exact) mass is 466 g/mol. The third-order valence-corrected chi connectivity index (χ3v) is 6.80. The van der Waals surface area contributed by atoms with Crippen molar-refractivity contribution in [1.82, 2.24) is 14.8 Å². The predicted molar refractivity (Wildman–Crippen MR) is 142 cm³/mol. The number of rotatable bonds is 5. The summed E-state index contributed by atoms with van der Waals surface area (Å²) in [5.41, 5.74) is 5.46. The lowest BCUT2D eigenvalue weighted by Gasteiger charge is -2.32. The summed E-state index contributed by atoms with van der Waals surface area (Å²) in [5.74, 6) is -0.138. The number of hydrogen-bond donors (Lipinski definition) is 2. The Morgan fingerprint density at radius 2 is 1.71 bits per heavy atom. The van der Waals surface area contributed by atoms with Gasteiger partial charge >= 0.3 is 0 Å². The first kappa shape index (κ1) is 23.0. The Labute approximate surface area is 205 Å². The zero-order valence-electron chi connectivity index (χ0n) is 20.2. The second-order valence-electron chi connectivity index (χ2n) is 9.37. The maximum absolute atomic E-state index is 12.9. The fourth-order valence-corrected chi connectivity index (χ4v) is 4.59. The summed E-state index contributed by atoms with van der Waals surface area (Å²) >= 11 is 0. The van der Waals surface area contributed by atoms with E-state index < -0.39 is 0 Å². The summed E-state index contributed by atoms with van der Waals surface area (Å²) in [7, 11) is 2.16. The molecule has 5 rings (SSSR count). The number of carbonyl (C=O) groups is 1. The minimum absolute atomic E-state index is 0.109. The Bertz CT molecular complexity index is 1420. The highest BCUT2D eigenvalue weighted by atomic mass is 16.1. The summed E-state index contributed by atoms with van der Waals surface area (Å²) in [6.07, 6.45) is 1.66. The van der Waals surface area contributed by atoms with E-state index in [1.807, 2.05) is 73.7 Å². The lowest BCUT2D eigenvalue weighted by molar-refractivity contribution is 0.102. The highest BCUT2D eigenvalue weighted by molar-refractivity contribution is 6.04. The molecule has 1 saturated heterocycles. The molecule has 3 aromatic carbocycles. The highest BCUT2D eigenvalue weighted by Gasteiger charge is 2.14. The van der Waals surface area contributed by atoms with Crippen LogP contribution in [0, 0.1) is 6.92 Å². The van der Waals surface area contributed by atoms with Crippen molar-refractivity contribution in [3.05, 3.63) is 100.0 Å². The number of fused-ring (bicyclic) bond motifs is 1. The van der Waals surface area contributed by atoms with Gasteiger partial charge < -0.3 is 15.2 Å². The van der Waals surface area contributed by atoms with E-state index in [1.54, 1.807) is 6.20 Å². The smallest absolute Gasteiger partial charge is 0.255 e. The van der Waals surface area contributed by atoms with Gasteiger partial charge in [0.15, 0.2) is 0 Å². The number of likely N-dealkylation sites (N-methyl/N-ethyl adjacent to an activating group) is 1. The van der Waals surface area contributed by atoms with Crippen molar-refractivity contribution in [2.24, 2.45) is 0 Å². The van der Waals surface area contributed by atoms with Crippen LogP contribution < -0.4 is 10.9 Å². The van der Waals surface area contributed by atoms with Crippen molar-refractivity contribution < 1.29 is 4.79 Å². The number of benzene rings is 3. The molecule has 1 aliphatic heterocycles. The van der Waals surface area contributed by atoms with Gasteiger partial charge in [0.05, 0.1) is 0 Å². The Morgan fingerprint density at radius 3 is 2.49 bits per heavy atom. The molecule has 6 nitrogen and oxygen atoms in total. The van der Waals surface area contributed by atoms with Crippen LogP contribution in [0.15, 0.2) is 77.7 Å². The van der Waals surface area contributed by atoms with Crippen LogP contribution >= 0.6 is 0 Å². The lowest BCUT2D eigenvalue weighted by Crippen LogP contribution is -2.43. The molecule has 2 heterocycles. The number of anilines is 1. The average Bonchev–Trinajstić information content (AvgIpc) is 2.87. The molecule has 1 fully saturated rings. The molecule has 0 unspecified atom stereocenters. The summed E-state index contributed by atoms with van der Waals surface area (Å²) in [4.78, 5) is 32.7. The number of hydrogen-bond acceptors (Lipinski definition) is 4. The third kappa shape index (κ3) is 5.19. The van der Waals surface area contributed by atoms with Gasteiger partial charge in [-0.05, 0) is 78.0 Å². The molecule has 4 aromatic rings. The van der Waals surface area contributed by atoms with Crippen molar-refractivity contribution >= 4 is 22.4 Å². The fraction of sp³-hybridized carbons (Fsp3) is 0.241. The second-order valence-corrected chi connectivity index (χ2v) is 9.37. The predicted octanol–water partition coefficient (Wildman–Crippen LogP) is 4.50. The summed E-state index contributed by atoms with van der Waals surface area (Å²) in [6.45, 7) is 7.26. The normalized spacial score (nSPS) is 14.8. The molecule has 0 aliphatic carbocycles. The number of pyridine rings is 1. The average molecular weight is 467 g/mol. The molecule has 0 atom stereocenters. The van der Waals surface area contributed by atoms with Crippen molar-refractivity contribution in [3.8, 4) is 11.1 Å². The third-order valence-electron chi connectivity index (χ3n) is 6.80. The maximum atomic E-state index is 12.9. The highest BCUT2D eigenvalue weighted by Crippen LogP contribution is 2.29. The number of H-pyrrole nitrogens is 1. The number of aryl methyl sites for hydroxylation is 1. The van der Waals surface area contributed by atoms with E-state index in [2.05, 4.69) is 27.1 Å². The van der Waals surface area contributed by atoms with E-state index in [9.17, 15) is 9.59 Å². The summed E-state index contributed by atoms with van der Waals surface area (Å²) in [6, 6.07) is 21.5. The first-order valence-corrected chi connectivity index (χ1v) is 12.0. The van der Waals surface area contributed by atoms with E-state index in [1.165, 1.54) is 5.56 Å². The molecule has 0 bridgehead atoms. The van der Waals surface area contributed by atoms with Crippen LogP contribution in [0.5, 0.6) is 0 Å². The lowest BCUT2D eigenvalue weighted by atomic mass is 9.97. The first-order valence-electron chi connectivity index (χ1n) is 12.0. The second kappa shape index (κ2) is 9.86.